The van der Waals surface area contributed by atoms with E-state index in [2.05, 4.69) is 10.3 Å². The molecule has 0 spiro atoms. The van der Waals surface area contributed by atoms with E-state index in [-0.39, 0.29) is 48.3 Å². The van der Waals surface area contributed by atoms with Gasteiger partial charge in [0.2, 0.25) is 0 Å². The first-order valence-electron chi connectivity index (χ1n) is 7.28. The van der Waals surface area contributed by atoms with Gasteiger partial charge in [0.05, 0.1) is 19.7 Å². The summed E-state index contributed by atoms with van der Waals surface area (Å²) >= 11 is 12.1. The van der Waals surface area contributed by atoms with E-state index >= 15 is 0 Å². The number of methoxy groups -OCH3 is 1. The smallest absolute Gasteiger partial charge is 0.189 e. The summed E-state index contributed by atoms with van der Waals surface area (Å²) in [6, 6.07) is 10.1. The fourth-order valence-electron chi connectivity index (χ4n) is 2.18. The van der Waals surface area contributed by atoms with Gasteiger partial charge < -0.3 is 20.9 Å². The van der Waals surface area contributed by atoms with Crippen LogP contribution in [0.15, 0.2) is 41.4 Å². The molecule has 0 aliphatic carbocycles. The Morgan fingerprint density at radius 1 is 1.28 bits per heavy atom. The van der Waals surface area contributed by atoms with Crippen molar-refractivity contribution in [1.82, 2.24) is 5.32 Å². The molecule has 0 bridgehead atoms. The van der Waals surface area contributed by atoms with Gasteiger partial charge in [-0.15, -0.1) is 24.0 Å². The zero-order chi connectivity index (χ0) is 17.7. The number of aliphatic imine (C=N–C) groups is 1. The minimum Gasteiger partial charge on any atom is -0.508 e. The molecule has 5 nitrogen and oxygen atoms in total. The molecule has 25 heavy (non-hydrogen) atoms. The van der Waals surface area contributed by atoms with Crippen molar-refractivity contribution in [3.63, 3.8) is 0 Å². The zero-order valence-corrected chi connectivity index (χ0v) is 17.6. The Labute approximate surface area is 174 Å². The van der Waals surface area contributed by atoms with Gasteiger partial charge in [-0.05, 0) is 42.8 Å². The minimum absolute atomic E-state index is 0. The van der Waals surface area contributed by atoms with E-state index in [0.717, 1.165) is 5.56 Å². The summed E-state index contributed by atoms with van der Waals surface area (Å²) in [6.07, 6.45) is 0. The molecule has 0 aliphatic rings. The normalized spacial score (nSPS) is 12.2. The third-order valence-electron chi connectivity index (χ3n) is 3.50. The van der Waals surface area contributed by atoms with Crippen molar-refractivity contribution >= 4 is 53.1 Å². The molecule has 1 atom stereocenters. The minimum atomic E-state index is -0.141. The van der Waals surface area contributed by atoms with Crippen LogP contribution in [-0.2, 0) is 6.54 Å². The molecule has 2 rings (SSSR count). The maximum absolute atomic E-state index is 9.85. The molecule has 0 heterocycles. The maximum Gasteiger partial charge on any atom is 0.189 e. The van der Waals surface area contributed by atoms with Crippen LogP contribution in [0.25, 0.3) is 0 Å². The fraction of sp³-hybridized carbons (Fsp3) is 0.235. The summed E-state index contributed by atoms with van der Waals surface area (Å²) in [7, 11) is 1.56. The van der Waals surface area contributed by atoms with Crippen molar-refractivity contribution < 1.29 is 9.84 Å². The quantitative estimate of drug-likeness (QED) is 0.324. The molecule has 0 fully saturated rings. The highest BCUT2D eigenvalue weighted by molar-refractivity contribution is 14.0. The molecule has 0 saturated carbocycles. The monoisotopic (exact) mass is 495 g/mol. The summed E-state index contributed by atoms with van der Waals surface area (Å²) in [4.78, 5) is 4.24. The van der Waals surface area contributed by atoms with Gasteiger partial charge in [0.15, 0.2) is 5.96 Å². The van der Waals surface area contributed by atoms with E-state index in [9.17, 15) is 5.11 Å². The maximum atomic E-state index is 9.85. The van der Waals surface area contributed by atoms with Crippen LogP contribution in [0.4, 0.5) is 0 Å². The number of hydrogen-bond acceptors (Lipinski definition) is 3. The predicted molar refractivity (Wildman–Crippen MR) is 113 cm³/mol. The SMILES string of the molecule is COc1ccc(O)c(CN=C(N)NC(C)c2ccc(Cl)cc2Cl)c1.I. The standard InChI is InChI=1S/C17H19Cl2N3O2.HI/c1-10(14-5-3-12(18)8-15(14)19)22-17(20)21-9-11-7-13(24-2)4-6-16(11)23;/h3-8,10,23H,9H2,1-2H3,(H3,20,21,22);1H. The number of benzene rings is 2. The number of phenolic OH excluding ortho intramolecular Hbond substituents is 1. The van der Waals surface area contributed by atoms with Crippen molar-refractivity contribution in [3.05, 3.63) is 57.6 Å². The molecule has 1 unspecified atom stereocenters. The first-order chi connectivity index (χ1) is 11.4. The number of hydrogen-bond donors (Lipinski definition) is 3. The van der Waals surface area contributed by atoms with E-state index in [4.69, 9.17) is 33.7 Å². The largest absolute Gasteiger partial charge is 0.508 e. The average Bonchev–Trinajstić information content (AvgIpc) is 2.53. The summed E-state index contributed by atoms with van der Waals surface area (Å²) in [6.45, 7) is 2.14. The molecule has 2 aromatic carbocycles. The summed E-state index contributed by atoms with van der Waals surface area (Å²) in [5.74, 6) is 1.03. The van der Waals surface area contributed by atoms with E-state index in [1.54, 1.807) is 37.4 Å². The van der Waals surface area contributed by atoms with Crippen molar-refractivity contribution in [3.8, 4) is 11.5 Å². The van der Waals surface area contributed by atoms with Gasteiger partial charge in [0.1, 0.15) is 11.5 Å². The Bertz CT molecular complexity index is 757. The lowest BCUT2D eigenvalue weighted by Crippen LogP contribution is -2.34. The second kappa shape index (κ2) is 9.94. The Morgan fingerprint density at radius 3 is 2.64 bits per heavy atom. The molecule has 0 saturated heterocycles. The lowest BCUT2D eigenvalue weighted by molar-refractivity contribution is 0.411. The van der Waals surface area contributed by atoms with Gasteiger partial charge in [0, 0.05) is 15.6 Å². The van der Waals surface area contributed by atoms with Gasteiger partial charge in [-0.25, -0.2) is 4.99 Å². The fourth-order valence-corrected chi connectivity index (χ4v) is 2.76. The predicted octanol–water partition coefficient (Wildman–Crippen LogP) is 4.49. The lowest BCUT2D eigenvalue weighted by Gasteiger charge is -2.16. The van der Waals surface area contributed by atoms with Crippen LogP contribution in [0.5, 0.6) is 11.5 Å². The van der Waals surface area contributed by atoms with Gasteiger partial charge >= 0.3 is 0 Å². The van der Waals surface area contributed by atoms with E-state index in [1.165, 1.54) is 0 Å². The van der Waals surface area contributed by atoms with Crippen LogP contribution < -0.4 is 15.8 Å². The van der Waals surface area contributed by atoms with Crippen LogP contribution in [0.2, 0.25) is 10.0 Å². The number of aromatic hydroxyl groups is 1. The second-order valence-corrected chi connectivity index (χ2v) is 6.07. The molecule has 0 amide bonds. The van der Waals surface area contributed by atoms with Gasteiger partial charge in [-0.1, -0.05) is 29.3 Å². The van der Waals surface area contributed by atoms with Crippen LogP contribution >= 0.6 is 47.2 Å². The van der Waals surface area contributed by atoms with Crippen LogP contribution in [0.1, 0.15) is 24.1 Å². The zero-order valence-electron chi connectivity index (χ0n) is 13.8. The third-order valence-corrected chi connectivity index (χ3v) is 4.06. The second-order valence-electron chi connectivity index (χ2n) is 5.23. The Hall–Kier alpha value is -1.38. The molecule has 8 heteroatoms. The first-order valence-corrected chi connectivity index (χ1v) is 8.03. The van der Waals surface area contributed by atoms with Crippen LogP contribution in [-0.4, -0.2) is 18.2 Å². The molecule has 0 aromatic heterocycles. The molecule has 2 aromatic rings. The Balaban J connectivity index is 0.00000312. The van der Waals surface area contributed by atoms with Crippen molar-refractivity contribution in [2.45, 2.75) is 19.5 Å². The first kappa shape index (κ1) is 21.7. The molecule has 4 N–H and O–H groups in total. The third kappa shape index (κ3) is 6.13. The number of halogens is 3. The van der Waals surface area contributed by atoms with E-state index in [1.807, 2.05) is 13.0 Å². The molecule has 0 radical (unpaired) electrons. The molecular weight excluding hydrogens is 476 g/mol. The highest BCUT2D eigenvalue weighted by Gasteiger charge is 2.11. The average molecular weight is 496 g/mol. The van der Waals surface area contributed by atoms with Crippen molar-refractivity contribution in [1.29, 1.82) is 0 Å². The number of ether oxygens (including phenoxy) is 1. The summed E-state index contributed by atoms with van der Waals surface area (Å²) in [5, 5.41) is 14.0. The number of nitrogens with two attached hydrogens (primary N) is 1. The Morgan fingerprint density at radius 2 is 2.00 bits per heavy atom. The van der Waals surface area contributed by atoms with Gasteiger partial charge in [-0.2, -0.15) is 0 Å². The number of phenols is 1. The molecule has 0 aliphatic heterocycles. The lowest BCUT2D eigenvalue weighted by atomic mass is 10.1. The van der Waals surface area contributed by atoms with Crippen molar-refractivity contribution in [2.75, 3.05) is 7.11 Å². The van der Waals surface area contributed by atoms with E-state index < -0.39 is 0 Å². The molecular formula is C17H20Cl2IN3O2. The Kier molecular flexibility index (Phi) is 8.61. The van der Waals surface area contributed by atoms with Crippen molar-refractivity contribution in [2.24, 2.45) is 10.7 Å². The van der Waals surface area contributed by atoms with Gasteiger partial charge in [-0.3, -0.25) is 0 Å². The number of guanidine groups is 1. The topological polar surface area (TPSA) is 79.9 Å². The highest BCUT2D eigenvalue weighted by atomic mass is 127. The highest BCUT2D eigenvalue weighted by Crippen LogP contribution is 2.26. The molecule has 136 valence electrons. The van der Waals surface area contributed by atoms with Crippen LogP contribution in [0, 0.1) is 0 Å². The summed E-state index contributed by atoms with van der Waals surface area (Å²) < 4.78 is 5.13. The number of nitrogens with zero attached hydrogens (tertiary/aromatic N) is 1. The van der Waals surface area contributed by atoms with E-state index in [0.29, 0.717) is 21.4 Å². The number of rotatable bonds is 5. The van der Waals surface area contributed by atoms with Crippen LogP contribution in [0.3, 0.4) is 0 Å². The summed E-state index contributed by atoms with van der Waals surface area (Å²) in [5.41, 5.74) is 7.40. The van der Waals surface area contributed by atoms with Gasteiger partial charge in [0.25, 0.3) is 0 Å². The number of nitrogens with one attached hydrogen (secondary N) is 1.